The van der Waals surface area contributed by atoms with Crippen LogP contribution in [0.1, 0.15) is 12.8 Å². The minimum atomic E-state index is -0.546. The van der Waals surface area contributed by atoms with Crippen molar-refractivity contribution < 1.29 is 4.79 Å². The molecule has 1 spiro atoms. The Balaban J connectivity index is 1.41. The molecule has 3 N–H and O–H groups in total. The maximum Gasteiger partial charge on any atom is 0.250 e. The van der Waals surface area contributed by atoms with E-state index in [2.05, 4.69) is 30.5 Å². The summed E-state index contributed by atoms with van der Waals surface area (Å²) in [6.07, 6.45) is 4.91. The van der Waals surface area contributed by atoms with E-state index in [1.807, 2.05) is 36.5 Å². The second-order valence-electron chi connectivity index (χ2n) is 6.63. The Bertz CT molecular complexity index is 957. The molecule has 1 aromatic carbocycles. The van der Waals surface area contributed by atoms with Crippen molar-refractivity contribution in [3.8, 4) is 0 Å². The number of carbonyl (C=O) groups excluding carboxylic acids is 1. The third kappa shape index (κ3) is 2.15. The number of rotatable bonds is 1. The van der Waals surface area contributed by atoms with Crippen LogP contribution in [-0.2, 0) is 4.79 Å². The van der Waals surface area contributed by atoms with Gasteiger partial charge in [0.05, 0.1) is 16.8 Å². The van der Waals surface area contributed by atoms with Gasteiger partial charge in [-0.15, -0.1) is 0 Å². The number of H-pyrrole nitrogens is 1. The summed E-state index contributed by atoms with van der Waals surface area (Å²) in [5.41, 5.74) is 2.14. The monoisotopic (exact) mass is 334 g/mol. The lowest BCUT2D eigenvalue weighted by atomic mass is 9.84. The first-order valence-corrected chi connectivity index (χ1v) is 8.47. The van der Waals surface area contributed by atoms with Crippen molar-refractivity contribution in [2.75, 3.05) is 28.6 Å². The van der Waals surface area contributed by atoms with E-state index >= 15 is 0 Å². The molecule has 2 aliphatic rings. The number of nitrogens with one attached hydrogen (secondary N) is 3. The molecule has 2 aliphatic heterocycles. The van der Waals surface area contributed by atoms with Crippen LogP contribution in [0, 0.1) is 0 Å². The van der Waals surface area contributed by atoms with Crippen molar-refractivity contribution in [1.82, 2.24) is 15.0 Å². The molecule has 126 valence electrons. The van der Waals surface area contributed by atoms with Crippen molar-refractivity contribution in [2.45, 2.75) is 18.4 Å². The van der Waals surface area contributed by atoms with Crippen LogP contribution < -0.4 is 15.5 Å². The minimum Gasteiger partial charge on any atom is -0.369 e. The second-order valence-corrected chi connectivity index (χ2v) is 6.63. The minimum absolute atomic E-state index is 0.0559. The number of nitrogens with zero attached hydrogens (tertiary/aromatic N) is 3. The van der Waals surface area contributed by atoms with E-state index in [1.165, 1.54) is 0 Å². The number of aromatic amines is 1. The number of hydrogen-bond donors (Lipinski definition) is 3. The highest BCUT2D eigenvalue weighted by Gasteiger charge is 2.44. The predicted octanol–water partition coefficient (Wildman–Crippen LogP) is 2.36. The van der Waals surface area contributed by atoms with Crippen LogP contribution in [0.2, 0.25) is 0 Å². The van der Waals surface area contributed by atoms with Gasteiger partial charge in [-0.1, -0.05) is 12.1 Å². The number of carbonyl (C=O) groups is 1. The Hall–Kier alpha value is -3.09. The lowest BCUT2D eigenvalue weighted by Gasteiger charge is -2.44. The zero-order valence-corrected chi connectivity index (χ0v) is 13.6. The highest BCUT2D eigenvalue weighted by molar-refractivity contribution is 6.06. The topological polar surface area (TPSA) is 85.9 Å². The Morgan fingerprint density at radius 2 is 1.84 bits per heavy atom. The van der Waals surface area contributed by atoms with Crippen LogP contribution in [0.3, 0.4) is 0 Å². The first-order chi connectivity index (χ1) is 12.3. The van der Waals surface area contributed by atoms with Crippen molar-refractivity contribution in [1.29, 1.82) is 0 Å². The first kappa shape index (κ1) is 14.3. The molecule has 5 rings (SSSR count). The molecule has 0 saturated carbocycles. The summed E-state index contributed by atoms with van der Waals surface area (Å²) in [6, 6.07) is 9.84. The van der Waals surface area contributed by atoms with Crippen LogP contribution in [0.25, 0.3) is 11.0 Å². The van der Waals surface area contributed by atoms with Gasteiger partial charge < -0.3 is 20.5 Å². The van der Waals surface area contributed by atoms with Crippen LogP contribution >= 0.6 is 0 Å². The lowest BCUT2D eigenvalue weighted by molar-refractivity contribution is -0.121. The fourth-order valence-corrected chi connectivity index (χ4v) is 3.82. The number of hydrogen-bond acceptors (Lipinski definition) is 5. The van der Waals surface area contributed by atoms with E-state index in [-0.39, 0.29) is 5.91 Å². The number of aromatic nitrogens is 3. The van der Waals surface area contributed by atoms with Crippen molar-refractivity contribution in [2.24, 2.45) is 0 Å². The Kier molecular flexibility index (Phi) is 2.97. The van der Waals surface area contributed by atoms with Crippen LogP contribution in [0.5, 0.6) is 0 Å². The Morgan fingerprint density at radius 3 is 2.68 bits per heavy atom. The maximum atomic E-state index is 12.7. The fourth-order valence-electron chi connectivity index (χ4n) is 3.82. The van der Waals surface area contributed by atoms with Gasteiger partial charge in [-0.25, -0.2) is 9.97 Å². The number of piperidine rings is 1. The largest absolute Gasteiger partial charge is 0.369 e. The first-order valence-electron chi connectivity index (χ1n) is 8.47. The van der Waals surface area contributed by atoms with Crippen molar-refractivity contribution in [3.05, 3.63) is 42.9 Å². The van der Waals surface area contributed by atoms with E-state index in [0.717, 1.165) is 54.2 Å². The number of fused-ring (bicyclic) bond motifs is 2. The van der Waals surface area contributed by atoms with Crippen LogP contribution in [-0.4, -0.2) is 39.5 Å². The third-order valence-corrected chi connectivity index (χ3v) is 5.23. The van der Waals surface area contributed by atoms with Crippen LogP contribution in [0.4, 0.5) is 17.2 Å². The molecule has 1 saturated heterocycles. The molecular weight excluding hydrogens is 316 g/mol. The zero-order chi connectivity index (χ0) is 16.9. The molecule has 0 bridgehead atoms. The van der Waals surface area contributed by atoms with Crippen molar-refractivity contribution in [3.63, 3.8) is 0 Å². The Morgan fingerprint density at radius 1 is 1.04 bits per heavy atom. The number of benzene rings is 1. The average molecular weight is 334 g/mol. The summed E-state index contributed by atoms with van der Waals surface area (Å²) >= 11 is 0. The normalized spacial score (nSPS) is 18.7. The highest BCUT2D eigenvalue weighted by Crippen LogP contribution is 2.37. The third-order valence-electron chi connectivity index (χ3n) is 5.23. The molecule has 0 unspecified atom stereocenters. The number of para-hydroxylation sites is 2. The molecule has 3 aromatic rings. The molecule has 1 fully saturated rings. The van der Waals surface area contributed by atoms with E-state index in [0.29, 0.717) is 0 Å². The molecule has 1 amide bonds. The number of anilines is 3. The molecule has 2 aromatic heterocycles. The smallest absolute Gasteiger partial charge is 0.250 e. The number of amides is 1. The summed E-state index contributed by atoms with van der Waals surface area (Å²) in [6.45, 7) is 1.53. The zero-order valence-electron chi connectivity index (χ0n) is 13.6. The van der Waals surface area contributed by atoms with Gasteiger partial charge in [0, 0.05) is 19.3 Å². The predicted molar refractivity (Wildman–Crippen MR) is 96.8 cm³/mol. The van der Waals surface area contributed by atoms with E-state index in [1.54, 1.807) is 6.33 Å². The summed E-state index contributed by atoms with van der Waals surface area (Å²) in [5, 5.41) is 7.56. The highest BCUT2D eigenvalue weighted by atomic mass is 16.2. The summed E-state index contributed by atoms with van der Waals surface area (Å²) < 4.78 is 0. The molecule has 25 heavy (non-hydrogen) atoms. The van der Waals surface area contributed by atoms with Gasteiger partial charge in [0.2, 0.25) is 5.91 Å². The molecule has 0 atom stereocenters. The summed E-state index contributed by atoms with van der Waals surface area (Å²) in [4.78, 5) is 26.8. The average Bonchev–Trinajstić information content (AvgIpc) is 3.12. The summed E-state index contributed by atoms with van der Waals surface area (Å²) in [7, 11) is 0. The second kappa shape index (κ2) is 5.20. The van der Waals surface area contributed by atoms with Gasteiger partial charge in [-0.3, -0.25) is 4.79 Å². The van der Waals surface area contributed by atoms with Crippen LogP contribution in [0.15, 0.2) is 42.9 Å². The van der Waals surface area contributed by atoms with Gasteiger partial charge >= 0.3 is 0 Å². The SMILES string of the molecule is O=C1Nc2ccccc2NC12CCN(c1ncnc3[nH]ccc13)CC2. The Labute approximate surface area is 144 Å². The molecule has 0 aliphatic carbocycles. The van der Waals surface area contributed by atoms with E-state index in [9.17, 15) is 4.79 Å². The molecule has 7 heteroatoms. The van der Waals surface area contributed by atoms with Crippen molar-refractivity contribution >= 4 is 34.1 Å². The maximum absolute atomic E-state index is 12.7. The van der Waals surface area contributed by atoms with E-state index in [4.69, 9.17) is 0 Å². The fraction of sp³-hybridized carbons (Fsp3) is 0.278. The quantitative estimate of drug-likeness (QED) is 0.636. The van der Waals surface area contributed by atoms with Gasteiger partial charge in [-0.2, -0.15) is 0 Å². The lowest BCUT2D eigenvalue weighted by Crippen LogP contribution is -2.58. The molecule has 0 radical (unpaired) electrons. The van der Waals surface area contributed by atoms with Gasteiger partial charge in [0.1, 0.15) is 23.3 Å². The van der Waals surface area contributed by atoms with E-state index < -0.39 is 5.54 Å². The van der Waals surface area contributed by atoms with Gasteiger partial charge in [0.15, 0.2) is 0 Å². The van der Waals surface area contributed by atoms with Gasteiger partial charge in [0.25, 0.3) is 0 Å². The molecular formula is C18H18N6O. The molecule has 4 heterocycles. The summed E-state index contributed by atoms with van der Waals surface area (Å²) in [5.74, 6) is 0.984. The molecule has 7 nitrogen and oxygen atoms in total. The van der Waals surface area contributed by atoms with Gasteiger partial charge in [-0.05, 0) is 31.0 Å². The standard InChI is InChI=1S/C18H18N6O/c25-17-18(23-14-4-2-1-3-13(14)22-17)6-9-24(10-7-18)16-12-5-8-19-15(12)20-11-21-16/h1-5,8,11,23H,6-7,9-10H2,(H,22,25)(H,19,20,21).